The van der Waals surface area contributed by atoms with Crippen molar-refractivity contribution in [1.82, 2.24) is 15.4 Å². The number of nitrogens with zero attached hydrogens (tertiary/aromatic N) is 3. The van der Waals surface area contributed by atoms with Gasteiger partial charge < -0.3 is 0 Å². The lowest BCUT2D eigenvalue weighted by molar-refractivity contribution is 0.869. The van der Waals surface area contributed by atoms with Gasteiger partial charge in [0.25, 0.3) is 0 Å². The van der Waals surface area contributed by atoms with Crippen molar-refractivity contribution in [2.24, 2.45) is 0 Å². The van der Waals surface area contributed by atoms with Crippen molar-refractivity contribution < 1.29 is 0 Å². The molecule has 3 aromatic rings. The van der Waals surface area contributed by atoms with Crippen LogP contribution in [0.3, 0.4) is 0 Å². The molecule has 4 rings (SSSR count). The first-order chi connectivity index (χ1) is 10.3. The van der Waals surface area contributed by atoms with E-state index in [1.165, 1.54) is 38.9 Å². The molecule has 3 heteroatoms. The molecule has 1 aliphatic carbocycles. The first kappa shape index (κ1) is 12.2. The van der Waals surface area contributed by atoms with Gasteiger partial charge in [0.15, 0.2) is 0 Å². The topological polar surface area (TPSA) is 38.7 Å². The van der Waals surface area contributed by atoms with Crippen molar-refractivity contribution >= 4 is 0 Å². The van der Waals surface area contributed by atoms with Crippen LogP contribution in [0.25, 0.3) is 22.4 Å². The average molecular weight is 273 g/mol. The minimum Gasteiger partial charge on any atom is -0.139 e. The maximum absolute atomic E-state index is 4.23. The van der Waals surface area contributed by atoms with E-state index in [0.717, 1.165) is 12.1 Å². The third-order valence-electron chi connectivity index (χ3n) is 4.39. The fraction of sp³-hybridized carbons (Fsp3) is 0.167. The maximum atomic E-state index is 4.23. The molecule has 21 heavy (non-hydrogen) atoms. The van der Waals surface area contributed by atoms with Crippen molar-refractivity contribution in [1.29, 1.82) is 0 Å². The normalized spacial score (nSPS) is 12.1. The summed E-state index contributed by atoms with van der Waals surface area (Å²) in [5, 5.41) is 11.8. The van der Waals surface area contributed by atoms with Crippen LogP contribution in [0.1, 0.15) is 22.3 Å². The van der Waals surface area contributed by atoms with Gasteiger partial charge >= 0.3 is 0 Å². The number of hydrogen-bond acceptors (Lipinski definition) is 3. The molecule has 2 aromatic carbocycles. The smallest absolute Gasteiger partial charge is 0.0969 e. The Kier molecular flexibility index (Phi) is 2.61. The van der Waals surface area contributed by atoms with Gasteiger partial charge in [-0.1, -0.05) is 30.3 Å². The van der Waals surface area contributed by atoms with E-state index in [-0.39, 0.29) is 0 Å². The van der Waals surface area contributed by atoms with Gasteiger partial charge in [-0.15, -0.1) is 10.2 Å². The van der Waals surface area contributed by atoms with Crippen LogP contribution in [-0.4, -0.2) is 15.4 Å². The van der Waals surface area contributed by atoms with Crippen LogP contribution < -0.4 is 0 Å². The first-order valence-corrected chi connectivity index (χ1v) is 7.12. The Morgan fingerprint density at radius 2 is 1.86 bits per heavy atom. The molecule has 0 atom stereocenters. The zero-order valence-electron chi connectivity index (χ0n) is 12.1. The molecule has 0 N–H and O–H groups in total. The summed E-state index contributed by atoms with van der Waals surface area (Å²) in [4.78, 5) is 0. The number of aromatic nitrogens is 3. The predicted octanol–water partition coefficient (Wildman–Crippen LogP) is 3.73. The van der Waals surface area contributed by atoms with E-state index < -0.39 is 0 Å². The summed E-state index contributed by atoms with van der Waals surface area (Å²) in [5.74, 6) is 0. The molecule has 0 radical (unpaired) electrons. The summed E-state index contributed by atoms with van der Waals surface area (Å²) in [6.07, 6.45) is 2.67. The molecular weight excluding hydrogens is 258 g/mol. The van der Waals surface area contributed by atoms with Crippen LogP contribution in [0.2, 0.25) is 0 Å². The Bertz CT molecular complexity index is 839. The molecule has 0 aliphatic heterocycles. The zero-order chi connectivity index (χ0) is 14.4. The number of hydrogen-bond donors (Lipinski definition) is 0. The van der Waals surface area contributed by atoms with Gasteiger partial charge in [-0.2, -0.15) is 0 Å². The summed E-state index contributed by atoms with van der Waals surface area (Å²) in [7, 11) is 0. The molecule has 1 heterocycles. The fourth-order valence-electron chi connectivity index (χ4n) is 3.24. The maximum Gasteiger partial charge on any atom is 0.0969 e. The molecular formula is C18H15N3. The molecule has 0 saturated carbocycles. The second-order valence-electron chi connectivity index (χ2n) is 5.56. The number of aryl methyl sites for hydroxylation is 1. The summed E-state index contributed by atoms with van der Waals surface area (Å²) in [6.45, 7) is 4.32. The highest BCUT2D eigenvalue weighted by atomic mass is 15.3. The van der Waals surface area contributed by atoms with Gasteiger partial charge in [0.2, 0.25) is 0 Å². The van der Waals surface area contributed by atoms with E-state index >= 15 is 0 Å². The largest absolute Gasteiger partial charge is 0.139 e. The minimum atomic E-state index is 0.912. The number of rotatable bonds is 1. The van der Waals surface area contributed by atoms with Crippen molar-refractivity contribution in [3.8, 4) is 22.4 Å². The van der Waals surface area contributed by atoms with Crippen molar-refractivity contribution in [3.63, 3.8) is 0 Å². The summed E-state index contributed by atoms with van der Waals surface area (Å²) < 4.78 is 0. The number of fused-ring (bicyclic) bond motifs is 3. The average Bonchev–Trinajstić information content (AvgIpc) is 2.87. The zero-order valence-corrected chi connectivity index (χ0v) is 12.1. The van der Waals surface area contributed by atoms with Crippen LogP contribution in [0.5, 0.6) is 0 Å². The summed E-state index contributed by atoms with van der Waals surface area (Å²) in [5.41, 5.74) is 10.1. The van der Waals surface area contributed by atoms with Crippen LogP contribution in [0.15, 0.2) is 42.6 Å². The molecule has 0 unspecified atom stereocenters. The van der Waals surface area contributed by atoms with Crippen molar-refractivity contribution in [3.05, 3.63) is 64.8 Å². The Morgan fingerprint density at radius 3 is 2.67 bits per heavy atom. The lowest BCUT2D eigenvalue weighted by Gasteiger charge is -2.14. The highest BCUT2D eigenvalue weighted by Crippen LogP contribution is 2.43. The lowest BCUT2D eigenvalue weighted by Crippen LogP contribution is -1.98. The Morgan fingerprint density at radius 1 is 1.00 bits per heavy atom. The Balaban J connectivity index is 2.04. The van der Waals surface area contributed by atoms with E-state index in [9.17, 15) is 0 Å². The van der Waals surface area contributed by atoms with Gasteiger partial charge in [-0.3, -0.25) is 0 Å². The van der Waals surface area contributed by atoms with Gasteiger partial charge in [0.1, 0.15) is 0 Å². The fourth-order valence-corrected chi connectivity index (χ4v) is 3.24. The molecule has 0 saturated heterocycles. The molecule has 102 valence electrons. The van der Waals surface area contributed by atoms with Crippen molar-refractivity contribution in [2.75, 3.05) is 0 Å². The Hall–Kier alpha value is -2.55. The van der Waals surface area contributed by atoms with Crippen LogP contribution in [0.4, 0.5) is 0 Å². The van der Waals surface area contributed by atoms with E-state index in [0.29, 0.717) is 0 Å². The van der Waals surface area contributed by atoms with Gasteiger partial charge in [-0.25, -0.2) is 0 Å². The van der Waals surface area contributed by atoms with Crippen LogP contribution >= 0.6 is 0 Å². The predicted molar refractivity (Wildman–Crippen MR) is 83.0 cm³/mol. The van der Waals surface area contributed by atoms with Gasteiger partial charge in [0, 0.05) is 5.56 Å². The van der Waals surface area contributed by atoms with E-state index in [2.05, 4.69) is 59.6 Å². The highest BCUT2D eigenvalue weighted by Gasteiger charge is 2.24. The van der Waals surface area contributed by atoms with E-state index in [1.54, 1.807) is 6.20 Å². The van der Waals surface area contributed by atoms with Crippen LogP contribution in [-0.2, 0) is 6.42 Å². The second-order valence-corrected chi connectivity index (χ2v) is 5.56. The third kappa shape index (κ3) is 1.77. The first-order valence-electron chi connectivity index (χ1n) is 7.12. The van der Waals surface area contributed by atoms with E-state index in [4.69, 9.17) is 0 Å². The Labute approximate surface area is 123 Å². The highest BCUT2D eigenvalue weighted by molar-refractivity contribution is 5.86. The molecule has 1 aliphatic rings. The summed E-state index contributed by atoms with van der Waals surface area (Å²) in [6, 6.07) is 12.9. The SMILES string of the molecule is Cc1cc2c(c(-c3ccnnn3)c1C)Cc1ccccc1-2. The van der Waals surface area contributed by atoms with Gasteiger partial charge in [-0.05, 0) is 64.9 Å². The lowest BCUT2D eigenvalue weighted by atomic mass is 9.91. The molecule has 1 aromatic heterocycles. The third-order valence-corrected chi connectivity index (χ3v) is 4.39. The quantitative estimate of drug-likeness (QED) is 0.530. The van der Waals surface area contributed by atoms with E-state index in [1.807, 2.05) is 6.07 Å². The molecule has 3 nitrogen and oxygen atoms in total. The van der Waals surface area contributed by atoms with Crippen LogP contribution in [0, 0.1) is 13.8 Å². The summed E-state index contributed by atoms with van der Waals surface area (Å²) >= 11 is 0. The van der Waals surface area contributed by atoms with Gasteiger partial charge in [0.05, 0.1) is 11.9 Å². The van der Waals surface area contributed by atoms with Crippen molar-refractivity contribution in [2.45, 2.75) is 20.3 Å². The molecule has 0 bridgehead atoms. The molecule has 0 spiro atoms. The second kappa shape index (κ2) is 4.48. The number of benzene rings is 2. The monoisotopic (exact) mass is 273 g/mol. The molecule has 0 fully saturated rings. The minimum absolute atomic E-state index is 0.912. The molecule has 0 amide bonds. The standard InChI is InChI=1S/C18H15N3/c1-11-9-15-14-6-4-3-5-13(14)10-16(15)18(12(11)2)17-7-8-19-21-20-17/h3-9H,10H2,1-2H3.